The Kier molecular flexibility index (Phi) is 7.42. The summed E-state index contributed by atoms with van der Waals surface area (Å²) in [4.78, 5) is 25.6. The zero-order valence-electron chi connectivity index (χ0n) is 17.5. The molecule has 164 valence electrons. The molecule has 0 atom stereocenters. The molecule has 0 aliphatic carbocycles. The van der Waals surface area contributed by atoms with E-state index in [0.717, 1.165) is 20.7 Å². The van der Waals surface area contributed by atoms with Gasteiger partial charge in [0, 0.05) is 43.1 Å². The number of fused-ring (bicyclic) bond motifs is 1. The van der Waals surface area contributed by atoms with Gasteiger partial charge in [0.25, 0.3) is 5.91 Å². The molecule has 3 aromatic rings. The fraction of sp³-hybridized carbons (Fsp3) is 0.273. The van der Waals surface area contributed by atoms with Crippen LogP contribution in [0, 0.1) is 0 Å². The van der Waals surface area contributed by atoms with Crippen LogP contribution < -0.4 is 9.62 Å². The maximum Gasteiger partial charge on any atom is 0.327 e. The predicted molar refractivity (Wildman–Crippen MR) is 131 cm³/mol. The normalized spacial score (nSPS) is 11.4. The van der Waals surface area contributed by atoms with Gasteiger partial charge in [0.05, 0.1) is 5.56 Å². The first-order valence-electron chi connectivity index (χ1n) is 9.42. The summed E-state index contributed by atoms with van der Waals surface area (Å²) in [5.74, 6) is -0.526. The van der Waals surface area contributed by atoms with Gasteiger partial charge in [0.1, 0.15) is 12.1 Å². The lowest BCUT2D eigenvalue weighted by molar-refractivity contribution is -0.152. The molecule has 0 radical (unpaired) electrons. The molecule has 0 aliphatic heterocycles. The first-order chi connectivity index (χ1) is 14.6. The van der Waals surface area contributed by atoms with Gasteiger partial charge in [-0.1, -0.05) is 23.2 Å². The highest BCUT2D eigenvalue weighted by atomic mass is 35.5. The van der Waals surface area contributed by atoms with E-state index in [2.05, 4.69) is 5.32 Å². The Morgan fingerprint density at radius 1 is 1.13 bits per heavy atom. The van der Waals surface area contributed by atoms with Crippen LogP contribution in [0.2, 0.25) is 10.0 Å². The molecule has 31 heavy (non-hydrogen) atoms. The summed E-state index contributed by atoms with van der Waals surface area (Å²) in [5, 5.41) is 6.32. The number of rotatable bonds is 6. The second kappa shape index (κ2) is 9.69. The van der Waals surface area contributed by atoms with Crippen molar-refractivity contribution in [2.24, 2.45) is 0 Å². The lowest BCUT2D eigenvalue weighted by Crippen LogP contribution is -2.31. The third kappa shape index (κ3) is 6.29. The number of esters is 1. The summed E-state index contributed by atoms with van der Waals surface area (Å²) >= 11 is 15.1. The minimum absolute atomic E-state index is 0.00296. The van der Waals surface area contributed by atoms with E-state index < -0.39 is 5.60 Å². The third-order valence-corrected chi connectivity index (χ3v) is 6.47. The maximum absolute atomic E-state index is 12.6. The molecule has 0 bridgehead atoms. The Hall–Kier alpha value is -1.93. The Balaban J connectivity index is 2.00. The number of hydrogen-bond acceptors (Lipinski definition) is 6. The average molecular weight is 497 g/mol. The number of halogens is 2. The number of thiophene rings is 1. The van der Waals surface area contributed by atoms with Crippen LogP contribution >= 0.6 is 46.5 Å². The van der Waals surface area contributed by atoms with E-state index in [1.165, 1.54) is 23.3 Å². The molecule has 0 saturated carbocycles. The number of carbonyl (C=O) groups excluding carboxylic acids is 2. The van der Waals surface area contributed by atoms with Gasteiger partial charge in [-0.15, -0.1) is 11.3 Å². The van der Waals surface area contributed by atoms with Gasteiger partial charge in [0.2, 0.25) is 0 Å². The van der Waals surface area contributed by atoms with Gasteiger partial charge in [-0.3, -0.25) is 9.59 Å². The molecule has 1 N–H and O–H groups in total. The van der Waals surface area contributed by atoms with Crippen molar-refractivity contribution in [1.29, 1.82) is 0 Å². The Labute approximate surface area is 199 Å². The van der Waals surface area contributed by atoms with E-state index in [4.69, 9.17) is 27.9 Å². The highest BCUT2D eigenvalue weighted by Gasteiger charge is 2.22. The number of anilines is 1. The lowest BCUT2D eigenvalue weighted by Gasteiger charge is -2.26. The maximum atomic E-state index is 12.6. The second-order valence-electron chi connectivity index (χ2n) is 7.73. The number of benzene rings is 2. The molecule has 0 spiro atoms. The summed E-state index contributed by atoms with van der Waals surface area (Å²) in [7, 11) is 1.60. The SMILES string of the molecule is CNC(=O)c1csc2ccc(N(CC(=O)OC(C)(C)C)Sc3cc(Cl)cc(Cl)c3)cc12. The largest absolute Gasteiger partial charge is 0.459 e. The first-order valence-corrected chi connectivity index (χ1v) is 11.8. The summed E-state index contributed by atoms with van der Waals surface area (Å²) in [6, 6.07) is 11.0. The smallest absolute Gasteiger partial charge is 0.327 e. The van der Waals surface area contributed by atoms with Crippen molar-refractivity contribution in [3.05, 3.63) is 57.4 Å². The molecule has 0 aliphatic rings. The molecule has 2 aromatic carbocycles. The standard InChI is InChI=1S/C22H22Cl2N2O3S2/c1-22(2,3)29-20(27)11-26(31-16-8-13(23)7-14(24)9-16)15-5-6-19-17(10-15)18(12-30-19)21(28)25-4/h5-10,12H,11H2,1-4H3,(H,25,28). The average Bonchev–Trinajstić information content (AvgIpc) is 3.07. The molecule has 3 rings (SSSR count). The van der Waals surface area contributed by atoms with Crippen molar-refractivity contribution in [2.45, 2.75) is 31.3 Å². The second-order valence-corrected chi connectivity index (χ2v) is 10.6. The molecular weight excluding hydrogens is 475 g/mol. The topological polar surface area (TPSA) is 58.6 Å². The summed E-state index contributed by atoms with van der Waals surface area (Å²) in [6.45, 7) is 5.47. The van der Waals surface area contributed by atoms with Gasteiger partial charge in [-0.05, 0) is 69.1 Å². The summed E-state index contributed by atoms with van der Waals surface area (Å²) in [5.41, 5.74) is 0.747. The minimum atomic E-state index is -0.601. The van der Waals surface area contributed by atoms with Crippen LogP contribution in [-0.2, 0) is 9.53 Å². The minimum Gasteiger partial charge on any atom is -0.459 e. The molecule has 0 saturated heterocycles. The zero-order chi connectivity index (χ0) is 22.8. The van der Waals surface area contributed by atoms with Crippen molar-refractivity contribution in [2.75, 3.05) is 17.9 Å². The zero-order valence-corrected chi connectivity index (χ0v) is 20.6. The molecule has 0 fully saturated rings. The molecule has 1 heterocycles. The van der Waals surface area contributed by atoms with E-state index in [1.807, 2.05) is 44.4 Å². The van der Waals surface area contributed by atoms with Crippen LogP contribution in [0.3, 0.4) is 0 Å². The van der Waals surface area contributed by atoms with E-state index in [1.54, 1.807) is 29.6 Å². The van der Waals surface area contributed by atoms with E-state index in [0.29, 0.717) is 15.6 Å². The third-order valence-electron chi connectivity index (χ3n) is 4.06. The molecule has 5 nitrogen and oxygen atoms in total. The van der Waals surface area contributed by atoms with Crippen molar-refractivity contribution in [1.82, 2.24) is 5.32 Å². The fourth-order valence-corrected chi connectivity index (χ4v) is 5.44. The van der Waals surface area contributed by atoms with Crippen molar-refractivity contribution < 1.29 is 14.3 Å². The lowest BCUT2D eigenvalue weighted by atomic mass is 10.1. The predicted octanol–water partition coefficient (Wildman–Crippen LogP) is 6.42. The Bertz CT molecular complexity index is 1110. The summed E-state index contributed by atoms with van der Waals surface area (Å²) in [6.07, 6.45) is 0. The van der Waals surface area contributed by atoms with Crippen molar-refractivity contribution in [3.63, 3.8) is 0 Å². The Morgan fingerprint density at radius 2 is 1.81 bits per heavy atom. The van der Waals surface area contributed by atoms with Gasteiger partial charge >= 0.3 is 5.97 Å². The number of nitrogens with zero attached hydrogens (tertiary/aromatic N) is 1. The van der Waals surface area contributed by atoms with E-state index in [9.17, 15) is 9.59 Å². The fourth-order valence-electron chi connectivity index (χ4n) is 2.86. The van der Waals surface area contributed by atoms with Gasteiger partial charge in [0.15, 0.2) is 0 Å². The number of nitrogens with one attached hydrogen (secondary N) is 1. The van der Waals surface area contributed by atoms with E-state index >= 15 is 0 Å². The molecule has 1 aromatic heterocycles. The monoisotopic (exact) mass is 496 g/mol. The van der Waals surface area contributed by atoms with Crippen LogP contribution in [0.1, 0.15) is 31.1 Å². The molecule has 9 heteroatoms. The number of carbonyl (C=O) groups is 2. The number of amides is 1. The highest BCUT2D eigenvalue weighted by molar-refractivity contribution is 8.00. The molecule has 1 amide bonds. The van der Waals surface area contributed by atoms with Crippen LogP contribution in [0.4, 0.5) is 5.69 Å². The van der Waals surface area contributed by atoms with Crippen LogP contribution in [0.15, 0.2) is 46.7 Å². The van der Waals surface area contributed by atoms with Gasteiger partial charge in [-0.2, -0.15) is 0 Å². The molecular formula is C22H22Cl2N2O3S2. The summed E-state index contributed by atoms with van der Waals surface area (Å²) < 4.78 is 8.31. The van der Waals surface area contributed by atoms with Crippen molar-refractivity contribution in [3.8, 4) is 0 Å². The van der Waals surface area contributed by atoms with Crippen molar-refractivity contribution >= 4 is 74.1 Å². The van der Waals surface area contributed by atoms with Crippen LogP contribution in [0.25, 0.3) is 10.1 Å². The van der Waals surface area contributed by atoms with Crippen LogP contribution in [0.5, 0.6) is 0 Å². The highest BCUT2D eigenvalue weighted by Crippen LogP contribution is 2.36. The van der Waals surface area contributed by atoms with E-state index in [-0.39, 0.29) is 18.4 Å². The van der Waals surface area contributed by atoms with Gasteiger partial charge in [-0.25, -0.2) is 0 Å². The van der Waals surface area contributed by atoms with Crippen LogP contribution in [-0.4, -0.2) is 31.1 Å². The van der Waals surface area contributed by atoms with Gasteiger partial charge < -0.3 is 14.4 Å². The number of ether oxygens (including phenoxy) is 1. The number of hydrogen-bond donors (Lipinski definition) is 1. The Morgan fingerprint density at radius 3 is 2.42 bits per heavy atom. The molecule has 0 unspecified atom stereocenters. The quantitative estimate of drug-likeness (QED) is 0.315. The first kappa shape index (κ1) is 23.7.